The van der Waals surface area contributed by atoms with Crippen molar-refractivity contribution < 1.29 is 23.9 Å². The van der Waals surface area contributed by atoms with Crippen LogP contribution >= 0.6 is 0 Å². The molecule has 0 heterocycles. The predicted octanol–water partition coefficient (Wildman–Crippen LogP) is 3.35. The number of carbonyl (C=O) groups excluding carboxylic acids is 4. The molecular weight excluding hydrogens is 472 g/mol. The zero-order chi connectivity index (χ0) is 26.6. The van der Waals surface area contributed by atoms with E-state index in [1.54, 1.807) is 0 Å². The molecule has 0 saturated carbocycles. The second kappa shape index (κ2) is 13.6. The van der Waals surface area contributed by atoms with Gasteiger partial charge in [-0.25, -0.2) is 4.79 Å². The highest BCUT2D eigenvalue weighted by Crippen LogP contribution is 2.19. The van der Waals surface area contributed by atoms with Crippen molar-refractivity contribution in [2.75, 3.05) is 18.4 Å². The van der Waals surface area contributed by atoms with Crippen LogP contribution in [0.2, 0.25) is 0 Å². The molecule has 0 aliphatic carbocycles. The Labute approximate surface area is 216 Å². The van der Waals surface area contributed by atoms with Crippen LogP contribution in [-0.4, -0.2) is 42.9 Å². The van der Waals surface area contributed by atoms with Gasteiger partial charge in [-0.05, 0) is 40.8 Å². The molecule has 0 fully saturated rings. The number of anilines is 1. The van der Waals surface area contributed by atoms with Crippen molar-refractivity contribution in [3.8, 4) is 0 Å². The summed E-state index contributed by atoms with van der Waals surface area (Å²) in [6, 6.07) is 21.8. The Kier molecular flexibility index (Phi) is 10.0. The van der Waals surface area contributed by atoms with E-state index in [0.29, 0.717) is 12.1 Å². The first kappa shape index (κ1) is 27.2. The highest BCUT2D eigenvalue weighted by Gasteiger charge is 2.22. The Morgan fingerprint density at radius 3 is 2.19 bits per heavy atom. The molecule has 3 aromatic carbocycles. The molecule has 1 atom stereocenters. The van der Waals surface area contributed by atoms with Crippen LogP contribution in [0.4, 0.5) is 10.5 Å². The molecule has 0 radical (unpaired) electrons. The number of benzene rings is 3. The van der Waals surface area contributed by atoms with Gasteiger partial charge in [-0.2, -0.15) is 0 Å². The number of hydrogen-bond acceptors (Lipinski definition) is 5. The largest absolute Gasteiger partial charge is 0.445 e. The van der Waals surface area contributed by atoms with E-state index in [1.165, 1.54) is 0 Å². The van der Waals surface area contributed by atoms with Crippen LogP contribution in [0.15, 0.2) is 72.8 Å². The number of amides is 4. The fourth-order valence-corrected chi connectivity index (χ4v) is 3.61. The van der Waals surface area contributed by atoms with E-state index < -0.39 is 23.9 Å². The number of nitrogens with one attached hydrogen (secondary N) is 4. The first-order valence-corrected chi connectivity index (χ1v) is 12.1. The molecule has 9 heteroatoms. The van der Waals surface area contributed by atoms with Gasteiger partial charge in [0.15, 0.2) is 0 Å². The second-order valence-electron chi connectivity index (χ2n) is 8.99. The molecule has 0 aliphatic rings. The molecule has 4 N–H and O–H groups in total. The second-order valence-corrected chi connectivity index (χ2v) is 8.99. The minimum absolute atomic E-state index is 0.0786. The van der Waals surface area contributed by atoms with E-state index in [4.69, 9.17) is 4.74 Å². The van der Waals surface area contributed by atoms with Gasteiger partial charge >= 0.3 is 6.09 Å². The van der Waals surface area contributed by atoms with Crippen LogP contribution in [-0.2, 0) is 25.7 Å². The SMILES string of the molecule is CC(C)C[C@@H](NC(=O)CNC(=O)CNC(=O)OCc1ccccc1)C(=O)Nc1ccc2ccccc2c1. The van der Waals surface area contributed by atoms with Crippen LogP contribution in [0.5, 0.6) is 0 Å². The number of carbonyl (C=O) groups is 4. The Morgan fingerprint density at radius 2 is 1.46 bits per heavy atom. The molecule has 0 aliphatic heterocycles. The van der Waals surface area contributed by atoms with Crippen molar-refractivity contribution in [3.05, 3.63) is 78.4 Å². The van der Waals surface area contributed by atoms with Crippen molar-refractivity contribution in [2.24, 2.45) is 5.92 Å². The summed E-state index contributed by atoms with van der Waals surface area (Å²) >= 11 is 0. The maximum Gasteiger partial charge on any atom is 0.407 e. The molecule has 0 bridgehead atoms. The minimum atomic E-state index is -0.776. The number of hydrogen-bond donors (Lipinski definition) is 4. The maximum absolute atomic E-state index is 12.9. The fraction of sp³-hybridized carbons (Fsp3) is 0.286. The summed E-state index contributed by atoms with van der Waals surface area (Å²) in [6.45, 7) is 3.30. The summed E-state index contributed by atoms with van der Waals surface area (Å²) in [7, 11) is 0. The Hall–Kier alpha value is -4.40. The van der Waals surface area contributed by atoms with Gasteiger partial charge in [0.05, 0.1) is 6.54 Å². The first-order chi connectivity index (χ1) is 17.8. The lowest BCUT2D eigenvalue weighted by atomic mass is 10.0. The van der Waals surface area contributed by atoms with E-state index in [1.807, 2.05) is 86.6 Å². The lowest BCUT2D eigenvalue weighted by Gasteiger charge is -2.20. The molecule has 194 valence electrons. The number of alkyl carbamates (subject to hydrolysis) is 1. The van der Waals surface area contributed by atoms with E-state index in [-0.39, 0.29) is 31.5 Å². The van der Waals surface area contributed by atoms with Crippen molar-refractivity contribution in [3.63, 3.8) is 0 Å². The zero-order valence-electron chi connectivity index (χ0n) is 21.0. The van der Waals surface area contributed by atoms with E-state index in [2.05, 4.69) is 21.3 Å². The molecule has 0 aromatic heterocycles. The molecule has 0 spiro atoms. The number of fused-ring (bicyclic) bond motifs is 1. The third-order valence-corrected chi connectivity index (χ3v) is 5.43. The van der Waals surface area contributed by atoms with Crippen LogP contribution in [0.3, 0.4) is 0 Å². The average molecular weight is 505 g/mol. The fourth-order valence-electron chi connectivity index (χ4n) is 3.61. The Morgan fingerprint density at radius 1 is 0.784 bits per heavy atom. The standard InChI is InChI=1S/C28H32N4O5/c1-19(2)14-24(27(35)31-23-13-12-21-10-6-7-11-22(21)15-23)32-26(34)17-29-25(33)16-30-28(36)37-18-20-8-4-3-5-9-20/h3-13,15,19,24H,14,16-18H2,1-2H3,(H,29,33)(H,30,36)(H,31,35)(H,32,34)/t24-/m1/s1. The molecule has 9 nitrogen and oxygen atoms in total. The van der Waals surface area contributed by atoms with Gasteiger partial charge in [-0.1, -0.05) is 74.5 Å². The summed E-state index contributed by atoms with van der Waals surface area (Å²) in [4.78, 5) is 49.2. The van der Waals surface area contributed by atoms with Crippen molar-refractivity contribution >= 4 is 40.3 Å². The molecule has 37 heavy (non-hydrogen) atoms. The lowest BCUT2D eigenvalue weighted by Crippen LogP contribution is -2.49. The van der Waals surface area contributed by atoms with Gasteiger partial charge in [-0.15, -0.1) is 0 Å². The van der Waals surface area contributed by atoms with Crippen molar-refractivity contribution in [2.45, 2.75) is 32.9 Å². The topological polar surface area (TPSA) is 126 Å². The molecule has 0 saturated heterocycles. The van der Waals surface area contributed by atoms with Crippen LogP contribution in [0, 0.1) is 5.92 Å². The average Bonchev–Trinajstić information content (AvgIpc) is 2.89. The first-order valence-electron chi connectivity index (χ1n) is 12.1. The molecule has 4 amide bonds. The predicted molar refractivity (Wildman–Crippen MR) is 142 cm³/mol. The zero-order valence-corrected chi connectivity index (χ0v) is 21.0. The summed E-state index contributed by atoms with van der Waals surface area (Å²) in [5.41, 5.74) is 1.45. The molecule has 3 rings (SSSR count). The Balaban J connectivity index is 1.43. The highest BCUT2D eigenvalue weighted by atomic mass is 16.5. The van der Waals surface area contributed by atoms with Crippen molar-refractivity contribution in [1.29, 1.82) is 0 Å². The molecular formula is C28H32N4O5. The van der Waals surface area contributed by atoms with Gasteiger partial charge in [0.2, 0.25) is 17.7 Å². The summed E-state index contributed by atoms with van der Waals surface area (Å²) in [5.74, 6) is -1.27. The lowest BCUT2D eigenvalue weighted by molar-refractivity contribution is -0.128. The minimum Gasteiger partial charge on any atom is -0.445 e. The summed E-state index contributed by atoms with van der Waals surface area (Å²) in [6.07, 6.45) is -0.320. The normalized spacial score (nSPS) is 11.4. The van der Waals surface area contributed by atoms with Gasteiger partial charge in [0.1, 0.15) is 19.2 Å². The van der Waals surface area contributed by atoms with Gasteiger partial charge in [-0.3, -0.25) is 14.4 Å². The van der Waals surface area contributed by atoms with Crippen molar-refractivity contribution in [1.82, 2.24) is 16.0 Å². The van der Waals surface area contributed by atoms with Crippen LogP contribution in [0.1, 0.15) is 25.8 Å². The molecule has 3 aromatic rings. The molecule has 0 unspecified atom stereocenters. The van der Waals surface area contributed by atoms with E-state index >= 15 is 0 Å². The van der Waals surface area contributed by atoms with E-state index in [9.17, 15) is 19.2 Å². The summed E-state index contributed by atoms with van der Waals surface area (Å²) in [5, 5.41) is 12.4. The number of rotatable bonds is 11. The van der Waals surface area contributed by atoms with Gasteiger partial charge in [0, 0.05) is 5.69 Å². The maximum atomic E-state index is 12.9. The monoisotopic (exact) mass is 504 g/mol. The Bertz CT molecular complexity index is 1230. The third-order valence-electron chi connectivity index (χ3n) is 5.43. The highest BCUT2D eigenvalue weighted by molar-refractivity contribution is 5.99. The third kappa shape index (κ3) is 9.29. The quantitative estimate of drug-likeness (QED) is 0.319. The van der Waals surface area contributed by atoms with Gasteiger partial charge in [0.25, 0.3) is 0 Å². The van der Waals surface area contributed by atoms with Gasteiger partial charge < -0.3 is 26.0 Å². The summed E-state index contributed by atoms with van der Waals surface area (Å²) < 4.78 is 5.04. The van der Waals surface area contributed by atoms with E-state index in [0.717, 1.165) is 16.3 Å². The number of ether oxygens (including phenoxy) is 1. The van der Waals surface area contributed by atoms with Crippen LogP contribution < -0.4 is 21.3 Å². The smallest absolute Gasteiger partial charge is 0.407 e. The van der Waals surface area contributed by atoms with Crippen LogP contribution in [0.25, 0.3) is 10.8 Å².